The quantitative estimate of drug-likeness (QED) is 0.463. The molecule has 0 bridgehead atoms. The molecule has 0 saturated heterocycles. The van der Waals surface area contributed by atoms with Crippen LogP contribution in [0.4, 0.5) is 5.69 Å². The number of rotatable bonds is 9. The number of nitrogens with zero attached hydrogens (tertiary/aromatic N) is 3. The van der Waals surface area contributed by atoms with Crippen LogP contribution >= 0.6 is 23.4 Å². The van der Waals surface area contributed by atoms with Crippen molar-refractivity contribution in [3.05, 3.63) is 64.4 Å². The van der Waals surface area contributed by atoms with Gasteiger partial charge in [-0.05, 0) is 55.7 Å². The molecule has 3 aromatic rings. The van der Waals surface area contributed by atoms with Crippen LogP contribution in [0.1, 0.15) is 30.8 Å². The molecule has 0 unspecified atom stereocenters. The van der Waals surface area contributed by atoms with Crippen molar-refractivity contribution in [3.8, 4) is 5.75 Å². The van der Waals surface area contributed by atoms with E-state index in [4.69, 9.17) is 16.3 Å². The van der Waals surface area contributed by atoms with Crippen molar-refractivity contribution >= 4 is 35.0 Å². The second-order valence-corrected chi connectivity index (χ2v) is 8.10. The second kappa shape index (κ2) is 10.5. The van der Waals surface area contributed by atoms with E-state index in [0.29, 0.717) is 29.0 Å². The molecule has 2 aromatic carbocycles. The molecule has 0 spiro atoms. The molecule has 30 heavy (non-hydrogen) atoms. The minimum atomic E-state index is -0.121. The molecular formula is C22H25ClN4O2S. The van der Waals surface area contributed by atoms with Crippen LogP contribution in [0, 0.1) is 6.92 Å². The van der Waals surface area contributed by atoms with Gasteiger partial charge in [0.1, 0.15) is 12.4 Å². The number of thioether (sulfide) groups is 1. The first kappa shape index (κ1) is 22.2. The van der Waals surface area contributed by atoms with Gasteiger partial charge in [-0.1, -0.05) is 48.5 Å². The van der Waals surface area contributed by atoms with Crippen LogP contribution in [-0.2, 0) is 24.4 Å². The van der Waals surface area contributed by atoms with Gasteiger partial charge < -0.3 is 14.6 Å². The number of aryl methyl sites for hydroxylation is 2. The summed E-state index contributed by atoms with van der Waals surface area (Å²) in [6, 6.07) is 13.5. The molecule has 0 aliphatic heterocycles. The molecule has 0 fully saturated rings. The normalized spacial score (nSPS) is 10.8. The Kier molecular flexibility index (Phi) is 7.76. The van der Waals surface area contributed by atoms with Gasteiger partial charge in [0.2, 0.25) is 5.91 Å². The fraction of sp³-hybridized carbons (Fsp3) is 0.318. The molecule has 0 atom stereocenters. The third kappa shape index (κ3) is 5.77. The summed E-state index contributed by atoms with van der Waals surface area (Å²) >= 11 is 7.36. The van der Waals surface area contributed by atoms with Gasteiger partial charge in [-0.15, -0.1) is 10.2 Å². The van der Waals surface area contributed by atoms with E-state index >= 15 is 0 Å². The number of anilines is 1. The molecule has 1 amide bonds. The van der Waals surface area contributed by atoms with Crippen LogP contribution in [0.5, 0.6) is 5.75 Å². The van der Waals surface area contributed by atoms with Crippen LogP contribution in [-0.4, -0.2) is 26.4 Å². The van der Waals surface area contributed by atoms with Gasteiger partial charge in [0.05, 0.1) is 5.75 Å². The van der Waals surface area contributed by atoms with Crippen LogP contribution in [0.15, 0.2) is 47.6 Å². The molecule has 1 heterocycles. The zero-order valence-electron chi connectivity index (χ0n) is 17.3. The molecule has 0 aliphatic rings. The summed E-state index contributed by atoms with van der Waals surface area (Å²) in [5, 5.41) is 12.6. The van der Waals surface area contributed by atoms with E-state index in [0.717, 1.165) is 23.6 Å². The van der Waals surface area contributed by atoms with Crippen molar-refractivity contribution in [1.29, 1.82) is 0 Å². The number of ether oxygens (including phenoxy) is 1. The third-order valence-corrected chi connectivity index (χ3v) is 5.82. The van der Waals surface area contributed by atoms with Gasteiger partial charge in [0.25, 0.3) is 0 Å². The highest BCUT2D eigenvalue weighted by atomic mass is 35.5. The van der Waals surface area contributed by atoms with E-state index in [1.807, 2.05) is 36.6 Å². The Hall–Kier alpha value is -2.51. The van der Waals surface area contributed by atoms with Crippen LogP contribution in [0.2, 0.25) is 5.02 Å². The van der Waals surface area contributed by atoms with E-state index in [2.05, 4.69) is 34.6 Å². The predicted molar refractivity (Wildman–Crippen MR) is 121 cm³/mol. The molecule has 158 valence electrons. The average Bonchev–Trinajstić information content (AvgIpc) is 3.15. The van der Waals surface area contributed by atoms with Crippen LogP contribution < -0.4 is 10.1 Å². The fourth-order valence-electron chi connectivity index (χ4n) is 2.86. The van der Waals surface area contributed by atoms with Crippen molar-refractivity contribution in [3.63, 3.8) is 0 Å². The largest absolute Gasteiger partial charge is 0.486 e. The first-order valence-electron chi connectivity index (χ1n) is 9.82. The van der Waals surface area contributed by atoms with E-state index in [-0.39, 0.29) is 11.7 Å². The summed E-state index contributed by atoms with van der Waals surface area (Å²) in [6.45, 7) is 7.07. The monoisotopic (exact) mass is 444 g/mol. The second-order valence-electron chi connectivity index (χ2n) is 6.73. The maximum Gasteiger partial charge on any atom is 0.234 e. The van der Waals surface area contributed by atoms with Crippen LogP contribution in [0.25, 0.3) is 0 Å². The summed E-state index contributed by atoms with van der Waals surface area (Å²) in [4.78, 5) is 12.4. The maximum absolute atomic E-state index is 12.4. The number of carbonyl (C=O) groups is 1. The van der Waals surface area contributed by atoms with Crippen molar-refractivity contribution in [2.24, 2.45) is 0 Å². The van der Waals surface area contributed by atoms with Crippen molar-refractivity contribution in [1.82, 2.24) is 14.8 Å². The highest BCUT2D eigenvalue weighted by Gasteiger charge is 2.14. The average molecular weight is 445 g/mol. The summed E-state index contributed by atoms with van der Waals surface area (Å²) in [5.41, 5.74) is 2.94. The van der Waals surface area contributed by atoms with Crippen molar-refractivity contribution in [2.75, 3.05) is 11.1 Å². The highest BCUT2D eigenvalue weighted by Crippen LogP contribution is 2.22. The minimum Gasteiger partial charge on any atom is -0.486 e. The fourth-order valence-corrected chi connectivity index (χ4v) is 3.86. The van der Waals surface area contributed by atoms with Gasteiger partial charge >= 0.3 is 0 Å². The van der Waals surface area contributed by atoms with Gasteiger partial charge in [-0.3, -0.25) is 4.79 Å². The zero-order chi connectivity index (χ0) is 21.5. The lowest BCUT2D eigenvalue weighted by Gasteiger charge is -2.10. The lowest BCUT2D eigenvalue weighted by molar-refractivity contribution is -0.113. The molecule has 0 saturated carbocycles. The Morgan fingerprint density at radius 3 is 2.63 bits per heavy atom. The summed E-state index contributed by atoms with van der Waals surface area (Å²) in [6.07, 6.45) is 0.996. The van der Waals surface area contributed by atoms with E-state index < -0.39 is 0 Å². The minimum absolute atomic E-state index is 0.121. The third-order valence-electron chi connectivity index (χ3n) is 4.62. The Bertz CT molecular complexity index is 1000. The van der Waals surface area contributed by atoms with E-state index in [1.54, 1.807) is 12.1 Å². The zero-order valence-corrected chi connectivity index (χ0v) is 18.9. The maximum atomic E-state index is 12.4. The van der Waals surface area contributed by atoms with Crippen LogP contribution in [0.3, 0.4) is 0 Å². The highest BCUT2D eigenvalue weighted by molar-refractivity contribution is 7.99. The van der Waals surface area contributed by atoms with Gasteiger partial charge in [-0.2, -0.15) is 0 Å². The summed E-state index contributed by atoms with van der Waals surface area (Å²) in [7, 11) is 0. The Morgan fingerprint density at radius 2 is 1.93 bits per heavy atom. The Labute approximate surface area is 186 Å². The predicted octanol–water partition coefficient (Wildman–Crippen LogP) is 5.13. The molecule has 1 aromatic heterocycles. The number of hydrogen-bond donors (Lipinski definition) is 1. The van der Waals surface area contributed by atoms with Gasteiger partial charge in [-0.25, -0.2) is 0 Å². The van der Waals surface area contributed by atoms with E-state index in [1.165, 1.54) is 17.3 Å². The van der Waals surface area contributed by atoms with Gasteiger partial charge in [0.15, 0.2) is 11.0 Å². The molecule has 6 nitrogen and oxygen atoms in total. The first-order valence-corrected chi connectivity index (χ1v) is 11.2. The standard InChI is InChI=1S/C22H25ClN4O2S/c1-4-16-7-10-18(11-8-16)29-13-20-25-26-22(27(20)5-2)30-14-21(28)24-19-12-17(23)9-6-15(19)3/h6-12H,4-5,13-14H2,1-3H3,(H,24,28). The number of hydrogen-bond acceptors (Lipinski definition) is 5. The SMILES string of the molecule is CCc1ccc(OCc2nnc(SCC(=O)Nc3cc(Cl)ccc3C)n2CC)cc1. The Morgan fingerprint density at radius 1 is 1.17 bits per heavy atom. The number of nitrogens with one attached hydrogen (secondary N) is 1. The number of benzene rings is 2. The molecule has 1 N–H and O–H groups in total. The number of halogens is 1. The molecule has 0 aliphatic carbocycles. The van der Waals surface area contributed by atoms with Crippen molar-refractivity contribution < 1.29 is 9.53 Å². The smallest absolute Gasteiger partial charge is 0.234 e. The van der Waals surface area contributed by atoms with E-state index in [9.17, 15) is 4.79 Å². The summed E-state index contributed by atoms with van der Waals surface area (Å²) < 4.78 is 7.81. The molecule has 8 heteroatoms. The number of aromatic nitrogens is 3. The number of carbonyl (C=O) groups excluding carboxylic acids is 1. The molecule has 0 radical (unpaired) electrons. The summed E-state index contributed by atoms with van der Waals surface area (Å²) in [5.74, 6) is 1.63. The number of amides is 1. The van der Waals surface area contributed by atoms with Gasteiger partial charge in [0, 0.05) is 17.3 Å². The first-order chi connectivity index (χ1) is 14.5. The lowest BCUT2D eigenvalue weighted by atomic mass is 10.2. The molecule has 3 rings (SSSR count). The van der Waals surface area contributed by atoms with Crippen molar-refractivity contribution in [2.45, 2.75) is 45.5 Å². The topological polar surface area (TPSA) is 69.0 Å². The Balaban J connectivity index is 1.58. The molecular weight excluding hydrogens is 420 g/mol. The lowest BCUT2D eigenvalue weighted by Crippen LogP contribution is -2.15.